The van der Waals surface area contributed by atoms with E-state index in [9.17, 15) is 4.79 Å². The Morgan fingerprint density at radius 1 is 1.42 bits per heavy atom. The zero-order chi connectivity index (χ0) is 13.2. The monoisotopic (exact) mass is 257 g/mol. The number of carbonyl (C=O) groups is 1. The highest BCUT2D eigenvalue weighted by atomic mass is 16.5. The maximum atomic E-state index is 11.1. The van der Waals surface area contributed by atoms with Gasteiger partial charge in [-0.1, -0.05) is 12.1 Å². The molecule has 2 aliphatic rings. The van der Waals surface area contributed by atoms with Crippen molar-refractivity contribution in [2.45, 2.75) is 45.1 Å². The van der Waals surface area contributed by atoms with Gasteiger partial charge in [0.25, 0.3) is 0 Å². The van der Waals surface area contributed by atoms with Gasteiger partial charge in [-0.05, 0) is 56.2 Å². The standard InChI is InChI=1S/C16H19NO2/c1-11(18)16-14(17-16)6-2-4-12-7-8-15-13(10-12)5-3-9-19-15/h7-8,10,16H,2-6,9H2,1H3. The highest BCUT2D eigenvalue weighted by Gasteiger charge is 2.30. The summed E-state index contributed by atoms with van der Waals surface area (Å²) in [4.78, 5) is 15.3. The first-order valence-electron chi connectivity index (χ1n) is 7.05. The zero-order valence-corrected chi connectivity index (χ0v) is 11.3. The van der Waals surface area contributed by atoms with Gasteiger partial charge in [0.1, 0.15) is 11.8 Å². The van der Waals surface area contributed by atoms with E-state index in [1.54, 1.807) is 6.92 Å². The Labute approximate surface area is 113 Å². The molecule has 0 saturated heterocycles. The molecule has 100 valence electrons. The first-order valence-corrected chi connectivity index (χ1v) is 7.05. The Morgan fingerprint density at radius 3 is 3.11 bits per heavy atom. The fourth-order valence-electron chi connectivity index (χ4n) is 2.70. The Bertz CT molecular complexity index is 534. The molecular weight excluding hydrogens is 238 g/mol. The third kappa shape index (κ3) is 2.86. The van der Waals surface area contributed by atoms with E-state index in [1.807, 2.05) is 0 Å². The smallest absolute Gasteiger partial charge is 0.159 e. The van der Waals surface area contributed by atoms with E-state index in [1.165, 1.54) is 11.1 Å². The van der Waals surface area contributed by atoms with Gasteiger partial charge in [-0.3, -0.25) is 9.79 Å². The molecule has 1 atom stereocenters. The summed E-state index contributed by atoms with van der Waals surface area (Å²) in [5, 5.41) is 0. The second kappa shape index (κ2) is 5.16. The molecule has 2 aliphatic heterocycles. The van der Waals surface area contributed by atoms with Crippen LogP contribution in [0.3, 0.4) is 0 Å². The molecule has 3 heteroatoms. The first-order chi connectivity index (χ1) is 9.24. The van der Waals surface area contributed by atoms with E-state index in [-0.39, 0.29) is 11.8 Å². The van der Waals surface area contributed by atoms with E-state index in [0.717, 1.165) is 50.2 Å². The van der Waals surface area contributed by atoms with Crippen molar-refractivity contribution in [3.05, 3.63) is 29.3 Å². The predicted molar refractivity (Wildman–Crippen MR) is 75.1 cm³/mol. The molecule has 0 aliphatic carbocycles. The molecule has 0 bridgehead atoms. The van der Waals surface area contributed by atoms with Gasteiger partial charge in [0.2, 0.25) is 0 Å². The van der Waals surface area contributed by atoms with Gasteiger partial charge in [0, 0.05) is 5.71 Å². The molecule has 0 radical (unpaired) electrons. The van der Waals surface area contributed by atoms with Gasteiger partial charge in [0.05, 0.1) is 6.61 Å². The van der Waals surface area contributed by atoms with E-state index < -0.39 is 0 Å². The highest BCUT2D eigenvalue weighted by molar-refractivity contribution is 6.17. The minimum atomic E-state index is -0.0723. The molecule has 1 aromatic rings. The van der Waals surface area contributed by atoms with Crippen LogP contribution >= 0.6 is 0 Å². The van der Waals surface area contributed by atoms with Crippen molar-refractivity contribution in [1.82, 2.24) is 0 Å². The van der Waals surface area contributed by atoms with Crippen molar-refractivity contribution in [3.8, 4) is 5.75 Å². The van der Waals surface area contributed by atoms with E-state index in [2.05, 4.69) is 23.2 Å². The number of aliphatic imine (C=N–C) groups is 1. The number of fused-ring (bicyclic) bond motifs is 1. The van der Waals surface area contributed by atoms with E-state index in [0.29, 0.717) is 0 Å². The number of ketones is 1. The summed E-state index contributed by atoms with van der Waals surface area (Å²) in [7, 11) is 0. The number of carbonyl (C=O) groups excluding carboxylic acids is 1. The average molecular weight is 257 g/mol. The van der Waals surface area contributed by atoms with Crippen molar-refractivity contribution in [1.29, 1.82) is 0 Å². The predicted octanol–water partition coefficient (Wildman–Crippen LogP) is 2.75. The summed E-state index contributed by atoms with van der Waals surface area (Å²) in [6, 6.07) is 6.45. The number of hydrogen-bond donors (Lipinski definition) is 0. The fraction of sp³-hybridized carbons (Fsp3) is 0.500. The van der Waals surface area contributed by atoms with Gasteiger partial charge in [-0.25, -0.2) is 0 Å². The van der Waals surface area contributed by atoms with Crippen LogP contribution in [-0.2, 0) is 17.6 Å². The van der Waals surface area contributed by atoms with Crippen molar-refractivity contribution in [3.63, 3.8) is 0 Å². The van der Waals surface area contributed by atoms with Crippen LogP contribution in [0, 0.1) is 0 Å². The number of Topliss-reactive ketones (excluding diaryl/α,β-unsaturated/α-hetero) is 1. The van der Waals surface area contributed by atoms with E-state index >= 15 is 0 Å². The van der Waals surface area contributed by atoms with E-state index in [4.69, 9.17) is 4.74 Å². The quantitative estimate of drug-likeness (QED) is 0.813. The molecule has 0 amide bonds. The third-order valence-corrected chi connectivity index (χ3v) is 3.80. The Morgan fingerprint density at radius 2 is 2.32 bits per heavy atom. The number of rotatable bonds is 5. The normalized spacial score (nSPS) is 20.3. The summed E-state index contributed by atoms with van der Waals surface area (Å²) in [5.41, 5.74) is 3.80. The molecule has 1 unspecified atom stereocenters. The highest BCUT2D eigenvalue weighted by Crippen LogP contribution is 2.26. The van der Waals surface area contributed by atoms with Crippen LogP contribution in [-0.4, -0.2) is 24.1 Å². The van der Waals surface area contributed by atoms with Crippen LogP contribution in [0.4, 0.5) is 0 Å². The van der Waals surface area contributed by atoms with Gasteiger partial charge in [-0.15, -0.1) is 0 Å². The van der Waals surface area contributed by atoms with Crippen molar-refractivity contribution < 1.29 is 9.53 Å². The molecule has 0 saturated carbocycles. The molecule has 0 spiro atoms. The minimum Gasteiger partial charge on any atom is -0.493 e. The summed E-state index contributed by atoms with van der Waals surface area (Å²) >= 11 is 0. The largest absolute Gasteiger partial charge is 0.493 e. The van der Waals surface area contributed by atoms with Crippen LogP contribution in [0.2, 0.25) is 0 Å². The lowest BCUT2D eigenvalue weighted by Crippen LogP contribution is -2.09. The lowest BCUT2D eigenvalue weighted by Gasteiger charge is -2.17. The molecule has 1 aromatic carbocycles. The maximum absolute atomic E-state index is 11.1. The minimum absolute atomic E-state index is 0.0723. The Kier molecular flexibility index (Phi) is 3.36. The van der Waals surface area contributed by atoms with Gasteiger partial charge in [-0.2, -0.15) is 0 Å². The summed E-state index contributed by atoms with van der Waals surface area (Å²) in [5.74, 6) is 1.24. The maximum Gasteiger partial charge on any atom is 0.159 e. The van der Waals surface area contributed by atoms with Gasteiger partial charge in [0.15, 0.2) is 5.78 Å². The Balaban J connectivity index is 1.51. The Hall–Kier alpha value is -1.64. The summed E-state index contributed by atoms with van der Waals surface area (Å²) in [6.07, 6.45) is 5.33. The number of hydrogen-bond acceptors (Lipinski definition) is 3. The molecule has 19 heavy (non-hydrogen) atoms. The SMILES string of the molecule is CC(=O)C1N=C1CCCc1ccc2c(c1)CCCO2. The van der Waals surface area contributed by atoms with Gasteiger partial charge >= 0.3 is 0 Å². The van der Waals surface area contributed by atoms with Crippen molar-refractivity contribution in [2.75, 3.05) is 6.61 Å². The van der Waals surface area contributed by atoms with Crippen LogP contribution in [0.15, 0.2) is 23.2 Å². The molecule has 0 fully saturated rings. The van der Waals surface area contributed by atoms with Crippen molar-refractivity contribution in [2.24, 2.45) is 4.99 Å². The lowest BCUT2D eigenvalue weighted by atomic mass is 9.99. The number of nitrogens with zero attached hydrogens (tertiary/aromatic N) is 1. The number of ether oxygens (including phenoxy) is 1. The first kappa shape index (κ1) is 12.4. The molecule has 3 rings (SSSR count). The van der Waals surface area contributed by atoms with Gasteiger partial charge < -0.3 is 4.74 Å². The molecule has 3 nitrogen and oxygen atoms in total. The fourth-order valence-corrected chi connectivity index (χ4v) is 2.70. The van der Waals surface area contributed by atoms with Crippen molar-refractivity contribution >= 4 is 11.5 Å². The third-order valence-electron chi connectivity index (χ3n) is 3.80. The molecular formula is C16H19NO2. The summed E-state index contributed by atoms with van der Waals surface area (Å²) in [6.45, 7) is 2.46. The topological polar surface area (TPSA) is 38.7 Å². The van der Waals surface area contributed by atoms with Crippen LogP contribution < -0.4 is 4.74 Å². The molecule has 0 N–H and O–H groups in total. The summed E-state index contributed by atoms with van der Waals surface area (Å²) < 4.78 is 5.61. The lowest BCUT2D eigenvalue weighted by molar-refractivity contribution is -0.116. The van der Waals surface area contributed by atoms with Crippen LogP contribution in [0.5, 0.6) is 5.75 Å². The molecule has 0 aromatic heterocycles. The molecule has 2 heterocycles. The second-order valence-corrected chi connectivity index (χ2v) is 5.38. The van der Waals surface area contributed by atoms with Crippen LogP contribution in [0.1, 0.15) is 37.3 Å². The number of aryl methyl sites for hydroxylation is 2. The van der Waals surface area contributed by atoms with Crippen LogP contribution in [0.25, 0.3) is 0 Å². The second-order valence-electron chi connectivity index (χ2n) is 5.38. The average Bonchev–Trinajstić information content (AvgIpc) is 3.18. The number of benzene rings is 1. The zero-order valence-electron chi connectivity index (χ0n) is 11.3.